The van der Waals surface area contributed by atoms with Crippen molar-refractivity contribution in [2.75, 3.05) is 32.8 Å². The molecule has 8 heteroatoms. The molecule has 2 aliphatic heterocycles. The van der Waals surface area contributed by atoms with E-state index in [9.17, 15) is 9.18 Å². The number of carbonyl (C=O) groups excluding carboxylic acids is 1. The topological polar surface area (TPSA) is 93.5 Å². The van der Waals surface area contributed by atoms with Gasteiger partial charge in [-0.2, -0.15) is 5.10 Å². The molecule has 0 saturated carbocycles. The summed E-state index contributed by atoms with van der Waals surface area (Å²) in [6.45, 7) is 2.28. The average molecular weight is 374 g/mol. The van der Waals surface area contributed by atoms with Gasteiger partial charge in [0, 0.05) is 19.6 Å². The second-order valence-corrected chi connectivity index (χ2v) is 6.93. The van der Waals surface area contributed by atoms with Crippen molar-refractivity contribution in [3.8, 4) is 5.75 Å². The molecule has 0 unspecified atom stereocenters. The highest BCUT2D eigenvalue weighted by atomic mass is 19.1. The smallest absolute Gasteiger partial charge is 0.257 e. The maximum absolute atomic E-state index is 13.7. The Hall–Kier alpha value is -2.45. The molecule has 0 aliphatic carbocycles. The van der Waals surface area contributed by atoms with Gasteiger partial charge in [-0.1, -0.05) is 0 Å². The van der Waals surface area contributed by atoms with Gasteiger partial charge >= 0.3 is 0 Å². The summed E-state index contributed by atoms with van der Waals surface area (Å²) < 4.78 is 25.4. The first-order valence-corrected chi connectivity index (χ1v) is 9.21. The molecule has 1 saturated heterocycles. The zero-order chi connectivity index (χ0) is 18.9. The predicted octanol–water partition coefficient (Wildman–Crippen LogP) is 1.59. The van der Waals surface area contributed by atoms with E-state index in [-0.39, 0.29) is 18.1 Å². The molecule has 0 radical (unpaired) electrons. The van der Waals surface area contributed by atoms with E-state index in [4.69, 9.17) is 15.2 Å². The van der Waals surface area contributed by atoms with E-state index in [1.165, 1.54) is 23.8 Å². The lowest BCUT2D eigenvalue weighted by Gasteiger charge is -2.43. The summed E-state index contributed by atoms with van der Waals surface area (Å²) in [7, 11) is 0. The molecule has 1 fully saturated rings. The number of likely N-dealkylation sites (tertiary alicyclic amines) is 1. The molecule has 27 heavy (non-hydrogen) atoms. The summed E-state index contributed by atoms with van der Waals surface area (Å²) >= 11 is 0. The number of fused-ring (bicyclic) bond motifs is 2. The van der Waals surface area contributed by atoms with Crippen molar-refractivity contribution in [3.05, 3.63) is 47.0 Å². The van der Waals surface area contributed by atoms with Gasteiger partial charge in [0.15, 0.2) is 0 Å². The molecule has 144 valence electrons. The van der Waals surface area contributed by atoms with Crippen LogP contribution in [-0.2, 0) is 16.8 Å². The Bertz CT molecular complexity index is 830. The van der Waals surface area contributed by atoms with Crippen LogP contribution >= 0.6 is 0 Å². The lowest BCUT2D eigenvalue weighted by atomic mass is 9.83. The summed E-state index contributed by atoms with van der Waals surface area (Å²) in [6.07, 6.45) is 4.04. The van der Waals surface area contributed by atoms with Crippen molar-refractivity contribution in [2.24, 2.45) is 5.73 Å². The number of carbonyl (C=O) groups is 1. The van der Waals surface area contributed by atoms with Gasteiger partial charge in [-0.25, -0.2) is 4.39 Å². The van der Waals surface area contributed by atoms with E-state index >= 15 is 0 Å². The quantitative estimate of drug-likeness (QED) is 0.848. The summed E-state index contributed by atoms with van der Waals surface area (Å²) in [5.41, 5.74) is 7.49. The number of ether oxygens (including phenoxy) is 2. The van der Waals surface area contributed by atoms with Gasteiger partial charge in [0.05, 0.1) is 24.1 Å². The first-order chi connectivity index (χ1) is 13.1. The number of rotatable bonds is 4. The fraction of sp³-hybridized carbons (Fsp3) is 0.474. The van der Waals surface area contributed by atoms with Gasteiger partial charge in [0.1, 0.15) is 23.8 Å². The van der Waals surface area contributed by atoms with Gasteiger partial charge in [-0.3, -0.25) is 9.89 Å². The van der Waals surface area contributed by atoms with Crippen molar-refractivity contribution in [1.29, 1.82) is 0 Å². The molecule has 1 amide bonds. The molecular formula is C19H23FN4O3. The van der Waals surface area contributed by atoms with E-state index in [2.05, 4.69) is 10.2 Å². The number of hydrogen-bond donors (Lipinski definition) is 2. The number of aromatic amines is 1. The number of hydrogen-bond acceptors (Lipinski definition) is 5. The minimum absolute atomic E-state index is 0.228. The molecule has 1 aromatic carbocycles. The molecular weight excluding hydrogens is 351 g/mol. The third-order valence-corrected chi connectivity index (χ3v) is 5.33. The Morgan fingerprint density at radius 3 is 3.00 bits per heavy atom. The highest BCUT2D eigenvalue weighted by Gasteiger charge is 2.43. The Morgan fingerprint density at radius 1 is 1.41 bits per heavy atom. The zero-order valence-corrected chi connectivity index (χ0v) is 15.0. The number of aromatic nitrogens is 2. The van der Waals surface area contributed by atoms with E-state index < -0.39 is 11.4 Å². The maximum atomic E-state index is 13.7. The highest BCUT2D eigenvalue weighted by molar-refractivity contribution is 5.97. The van der Waals surface area contributed by atoms with Crippen LogP contribution in [0.1, 0.15) is 34.5 Å². The van der Waals surface area contributed by atoms with Crippen LogP contribution < -0.4 is 10.5 Å². The van der Waals surface area contributed by atoms with Gasteiger partial charge in [0.2, 0.25) is 0 Å². The molecule has 7 nitrogen and oxygen atoms in total. The molecule has 2 aromatic rings. The normalized spacial score (nSPS) is 18.4. The number of nitrogens with one attached hydrogen (secondary N) is 1. The Labute approximate surface area is 156 Å². The Balaban J connectivity index is 1.51. The number of halogens is 1. The maximum Gasteiger partial charge on any atom is 0.257 e. The van der Waals surface area contributed by atoms with E-state index in [1.807, 2.05) is 6.20 Å². The van der Waals surface area contributed by atoms with Crippen molar-refractivity contribution in [2.45, 2.75) is 24.9 Å². The SMILES string of the molecule is NCCOc1ccc(F)cc1C(=O)N1CCC2(CC1)OCCc1cn[nH]c12. The van der Waals surface area contributed by atoms with Crippen LogP contribution in [0.15, 0.2) is 24.4 Å². The summed E-state index contributed by atoms with van der Waals surface area (Å²) in [4.78, 5) is 14.7. The fourth-order valence-corrected chi connectivity index (χ4v) is 3.92. The summed E-state index contributed by atoms with van der Waals surface area (Å²) in [5.74, 6) is -0.349. The number of amides is 1. The summed E-state index contributed by atoms with van der Waals surface area (Å²) in [5, 5.41) is 7.22. The minimum atomic E-state index is -0.468. The number of nitrogens with two attached hydrogens (primary N) is 1. The van der Waals surface area contributed by atoms with E-state index in [0.29, 0.717) is 44.8 Å². The second-order valence-electron chi connectivity index (χ2n) is 6.93. The number of benzene rings is 1. The Kier molecular flexibility index (Phi) is 4.84. The zero-order valence-electron chi connectivity index (χ0n) is 15.0. The molecule has 0 atom stereocenters. The monoisotopic (exact) mass is 374 g/mol. The second kappa shape index (κ2) is 7.28. The molecule has 4 rings (SSSR count). The lowest BCUT2D eigenvalue weighted by molar-refractivity contribution is -0.0962. The third-order valence-electron chi connectivity index (χ3n) is 5.33. The fourth-order valence-electron chi connectivity index (χ4n) is 3.92. The number of piperidine rings is 1. The van der Waals surface area contributed by atoms with Gasteiger partial charge in [-0.15, -0.1) is 0 Å². The standard InChI is InChI=1S/C19H23FN4O3/c20-14-1-2-16(26-10-6-21)15(11-14)18(25)24-7-4-19(5-8-24)17-13(3-9-27-19)12-22-23-17/h1-2,11-12H,3-10,21H2,(H,22,23). The molecule has 0 bridgehead atoms. The summed E-state index contributed by atoms with van der Waals surface area (Å²) in [6, 6.07) is 3.98. The largest absolute Gasteiger partial charge is 0.491 e. The number of nitrogens with zero attached hydrogens (tertiary/aromatic N) is 2. The van der Waals surface area contributed by atoms with Crippen molar-refractivity contribution in [1.82, 2.24) is 15.1 Å². The van der Waals surface area contributed by atoms with Crippen LogP contribution in [0, 0.1) is 5.82 Å². The first kappa shape index (κ1) is 17.9. The van der Waals surface area contributed by atoms with E-state index in [1.54, 1.807) is 4.90 Å². The molecule has 3 N–H and O–H groups in total. The number of H-pyrrole nitrogens is 1. The van der Waals surface area contributed by atoms with Crippen LogP contribution in [0.2, 0.25) is 0 Å². The molecule has 1 aromatic heterocycles. The molecule has 2 aliphatic rings. The average Bonchev–Trinajstić information content (AvgIpc) is 3.18. The minimum Gasteiger partial charge on any atom is -0.491 e. The lowest BCUT2D eigenvalue weighted by Crippen LogP contribution is -2.48. The van der Waals surface area contributed by atoms with Crippen LogP contribution in [0.3, 0.4) is 0 Å². The highest BCUT2D eigenvalue weighted by Crippen LogP contribution is 2.40. The van der Waals surface area contributed by atoms with Gasteiger partial charge < -0.3 is 20.1 Å². The van der Waals surface area contributed by atoms with Crippen molar-refractivity contribution in [3.63, 3.8) is 0 Å². The van der Waals surface area contributed by atoms with Gasteiger partial charge in [-0.05, 0) is 43.0 Å². The first-order valence-electron chi connectivity index (χ1n) is 9.21. The third kappa shape index (κ3) is 3.30. The van der Waals surface area contributed by atoms with Crippen LogP contribution in [0.5, 0.6) is 5.75 Å². The van der Waals surface area contributed by atoms with Crippen molar-refractivity contribution >= 4 is 5.91 Å². The Morgan fingerprint density at radius 2 is 2.22 bits per heavy atom. The molecule has 1 spiro atoms. The molecule has 3 heterocycles. The van der Waals surface area contributed by atoms with Crippen LogP contribution in [-0.4, -0.2) is 53.9 Å². The van der Waals surface area contributed by atoms with Crippen molar-refractivity contribution < 1.29 is 18.7 Å². The van der Waals surface area contributed by atoms with Crippen LogP contribution in [0.4, 0.5) is 4.39 Å². The van der Waals surface area contributed by atoms with E-state index in [0.717, 1.165) is 12.1 Å². The van der Waals surface area contributed by atoms with Gasteiger partial charge in [0.25, 0.3) is 5.91 Å². The predicted molar refractivity (Wildman–Crippen MR) is 96.0 cm³/mol. The van der Waals surface area contributed by atoms with Crippen LogP contribution in [0.25, 0.3) is 0 Å².